The van der Waals surface area contributed by atoms with Crippen LogP contribution in [0.25, 0.3) is 0 Å². The van der Waals surface area contributed by atoms with Crippen LogP contribution in [-0.2, 0) is 4.57 Å². The Kier molecular flexibility index (Phi) is 1.51. The molecule has 4 heteroatoms. The van der Waals surface area contributed by atoms with Gasteiger partial charge >= 0.3 is 14.4 Å². The molecule has 0 radical (unpaired) electrons. The molecule has 1 heterocycles. The Hall–Kier alpha value is -1.08. The summed E-state index contributed by atoms with van der Waals surface area (Å²) < 4.78 is 21.0. The first-order chi connectivity index (χ1) is 5.36. The molecule has 0 spiro atoms. The van der Waals surface area contributed by atoms with Crippen molar-refractivity contribution in [3.05, 3.63) is 24.3 Å². The quantitative estimate of drug-likeness (QED) is 0.558. The maximum absolute atomic E-state index is 10.8. The highest BCUT2D eigenvalue weighted by molar-refractivity contribution is 7.39. The normalized spacial score (nSPS) is 18.0. The van der Waals surface area contributed by atoms with E-state index in [9.17, 15) is 4.57 Å². The largest absolute Gasteiger partial charge is 0.598 e. The van der Waals surface area contributed by atoms with E-state index in [0.717, 1.165) is 0 Å². The molecule has 0 fully saturated rings. The lowest BCUT2D eigenvalue weighted by Crippen LogP contribution is -2.02. The van der Waals surface area contributed by atoms with Gasteiger partial charge in [0.05, 0.1) is 0 Å². The first kappa shape index (κ1) is 6.62. The lowest BCUT2D eigenvalue weighted by Gasteiger charge is -2.06. The summed E-state index contributed by atoms with van der Waals surface area (Å²) in [5.41, 5.74) is 0. The van der Waals surface area contributed by atoms with Crippen LogP contribution in [0.15, 0.2) is 24.3 Å². The van der Waals surface area contributed by atoms with Crippen molar-refractivity contribution in [3.8, 4) is 11.5 Å². The van der Waals surface area contributed by atoms with Gasteiger partial charge in [-0.2, -0.15) is 0 Å². The van der Waals surface area contributed by atoms with Gasteiger partial charge in [-0.25, -0.2) is 4.52 Å². The van der Waals surface area contributed by atoms with Crippen LogP contribution < -0.4 is 9.26 Å². The van der Waals surface area contributed by atoms with E-state index in [-0.39, 0.29) is 6.35 Å². The van der Waals surface area contributed by atoms with Crippen LogP contribution in [0.5, 0.6) is 11.5 Å². The van der Waals surface area contributed by atoms with Crippen LogP contribution in [-0.4, -0.2) is 6.35 Å². The number of benzene rings is 1. The summed E-state index contributed by atoms with van der Waals surface area (Å²) in [5.74, 6) is 1.24. The Morgan fingerprint density at radius 3 is 2.82 bits per heavy atom. The summed E-state index contributed by atoms with van der Waals surface area (Å²) in [6.45, 7) is 0. The van der Waals surface area contributed by atoms with Crippen molar-refractivity contribution in [3.63, 3.8) is 0 Å². The van der Waals surface area contributed by atoms with Gasteiger partial charge in [0.25, 0.3) is 0 Å². The molecule has 0 N–H and O–H groups in total. The third kappa shape index (κ3) is 1.19. The van der Waals surface area contributed by atoms with Gasteiger partial charge in [0.1, 0.15) is 0 Å². The Morgan fingerprint density at radius 1 is 1.27 bits per heavy atom. The van der Waals surface area contributed by atoms with Crippen molar-refractivity contribution >= 4 is 8.03 Å². The molecular formula is C7H6O3P+. The first-order valence-corrected chi connectivity index (χ1v) is 4.57. The van der Waals surface area contributed by atoms with Gasteiger partial charge in [0.2, 0.25) is 5.75 Å². The molecule has 1 unspecified atom stereocenters. The van der Waals surface area contributed by atoms with Gasteiger partial charge in [0.15, 0.2) is 5.75 Å². The van der Waals surface area contributed by atoms with Gasteiger partial charge in [0, 0.05) is 0 Å². The van der Waals surface area contributed by atoms with Crippen molar-refractivity contribution in [1.82, 2.24) is 0 Å². The Balaban J connectivity index is 2.41. The van der Waals surface area contributed by atoms with Gasteiger partial charge < -0.3 is 4.74 Å². The fourth-order valence-electron chi connectivity index (χ4n) is 0.903. The Labute approximate surface area is 64.8 Å². The standard InChI is InChI=1S/C7H6O3P/c8-11-5-9-6-3-1-2-4-7(6)10-11/h1-4H,5H2/q+1. The molecule has 1 aliphatic rings. The highest BCUT2D eigenvalue weighted by Crippen LogP contribution is 2.39. The third-order valence-corrected chi connectivity index (χ3v) is 2.12. The fourth-order valence-corrected chi connectivity index (χ4v) is 1.57. The topological polar surface area (TPSA) is 35.5 Å². The smallest absolute Gasteiger partial charge is 0.442 e. The third-order valence-electron chi connectivity index (χ3n) is 1.37. The summed E-state index contributed by atoms with van der Waals surface area (Å²) in [5, 5.41) is 0. The average Bonchev–Trinajstić information content (AvgIpc) is 2.04. The van der Waals surface area contributed by atoms with E-state index in [1.54, 1.807) is 12.1 Å². The summed E-state index contributed by atoms with van der Waals surface area (Å²) in [7, 11) is -1.65. The van der Waals surface area contributed by atoms with Gasteiger partial charge in [-0.1, -0.05) is 12.1 Å². The van der Waals surface area contributed by atoms with E-state index in [4.69, 9.17) is 9.26 Å². The van der Waals surface area contributed by atoms with Gasteiger partial charge in [-0.3, -0.25) is 0 Å². The SMILES string of the molecule is O=[P+]1COc2ccccc2O1. The van der Waals surface area contributed by atoms with E-state index < -0.39 is 8.03 Å². The molecule has 1 aliphatic heterocycles. The van der Waals surface area contributed by atoms with E-state index in [0.29, 0.717) is 11.5 Å². The van der Waals surface area contributed by atoms with Crippen molar-refractivity contribution in [2.75, 3.05) is 6.35 Å². The maximum Gasteiger partial charge on any atom is 0.598 e. The van der Waals surface area contributed by atoms with Crippen LogP contribution in [0.4, 0.5) is 0 Å². The second-order valence-corrected chi connectivity index (χ2v) is 3.25. The molecule has 56 valence electrons. The monoisotopic (exact) mass is 169 g/mol. The lowest BCUT2D eigenvalue weighted by atomic mass is 10.3. The molecule has 1 aromatic carbocycles. The highest BCUT2D eigenvalue weighted by Gasteiger charge is 2.28. The molecule has 0 aliphatic carbocycles. The second kappa shape index (κ2) is 2.51. The number of hydrogen-bond donors (Lipinski definition) is 0. The maximum atomic E-state index is 10.8. The molecule has 0 amide bonds. The zero-order valence-electron chi connectivity index (χ0n) is 5.69. The summed E-state index contributed by atoms with van der Waals surface area (Å²) in [6, 6.07) is 7.19. The number of ether oxygens (including phenoxy) is 1. The molecular weight excluding hydrogens is 163 g/mol. The van der Waals surface area contributed by atoms with Crippen LogP contribution in [0.2, 0.25) is 0 Å². The van der Waals surface area contributed by atoms with E-state index in [1.165, 1.54) is 0 Å². The zero-order valence-corrected chi connectivity index (χ0v) is 6.58. The molecule has 1 atom stereocenters. The summed E-state index contributed by atoms with van der Waals surface area (Å²) >= 11 is 0. The minimum Gasteiger partial charge on any atom is -0.442 e. The molecule has 0 saturated heterocycles. The second-order valence-electron chi connectivity index (χ2n) is 2.14. The average molecular weight is 169 g/mol. The lowest BCUT2D eigenvalue weighted by molar-refractivity contribution is 0.325. The van der Waals surface area contributed by atoms with Gasteiger partial charge in [-0.05, 0) is 16.7 Å². The van der Waals surface area contributed by atoms with Crippen LogP contribution in [0, 0.1) is 0 Å². The Bertz CT molecular complexity index is 297. The van der Waals surface area contributed by atoms with Gasteiger partial charge in [-0.15, -0.1) is 0 Å². The molecule has 1 aromatic rings. The number of para-hydroxylation sites is 2. The van der Waals surface area contributed by atoms with Crippen molar-refractivity contribution < 1.29 is 13.8 Å². The van der Waals surface area contributed by atoms with Crippen LogP contribution in [0.1, 0.15) is 0 Å². The summed E-state index contributed by atoms with van der Waals surface area (Å²) in [4.78, 5) is 0. The molecule has 0 bridgehead atoms. The first-order valence-electron chi connectivity index (χ1n) is 3.21. The predicted octanol–water partition coefficient (Wildman–Crippen LogP) is 2.16. The number of fused-ring (bicyclic) bond motifs is 1. The minimum atomic E-state index is -1.65. The van der Waals surface area contributed by atoms with Crippen molar-refractivity contribution in [1.29, 1.82) is 0 Å². The highest BCUT2D eigenvalue weighted by atomic mass is 31.1. The molecule has 11 heavy (non-hydrogen) atoms. The van der Waals surface area contributed by atoms with E-state index in [2.05, 4.69) is 0 Å². The minimum absolute atomic E-state index is 0.159. The number of rotatable bonds is 0. The van der Waals surface area contributed by atoms with E-state index >= 15 is 0 Å². The molecule has 2 rings (SSSR count). The zero-order chi connectivity index (χ0) is 7.68. The van der Waals surface area contributed by atoms with Crippen LogP contribution >= 0.6 is 8.03 Å². The van der Waals surface area contributed by atoms with Crippen LogP contribution in [0.3, 0.4) is 0 Å². The molecule has 3 nitrogen and oxygen atoms in total. The van der Waals surface area contributed by atoms with E-state index in [1.807, 2.05) is 12.1 Å². The molecule has 0 aromatic heterocycles. The van der Waals surface area contributed by atoms with Crippen molar-refractivity contribution in [2.45, 2.75) is 0 Å². The fraction of sp³-hybridized carbons (Fsp3) is 0.143. The van der Waals surface area contributed by atoms with Crippen molar-refractivity contribution in [2.24, 2.45) is 0 Å². The molecule has 0 saturated carbocycles. The summed E-state index contributed by atoms with van der Waals surface area (Å²) in [6.07, 6.45) is 0.159. The Morgan fingerprint density at radius 2 is 2.00 bits per heavy atom. The number of hydrogen-bond acceptors (Lipinski definition) is 3. The predicted molar refractivity (Wildman–Crippen MR) is 40.2 cm³/mol.